The molecule has 2 heterocycles. The van der Waals surface area contributed by atoms with E-state index in [-0.39, 0.29) is 34.7 Å². The highest BCUT2D eigenvalue weighted by atomic mass is 35.5. The fraction of sp³-hybridized carbons (Fsp3) is 0.300. The predicted molar refractivity (Wildman–Crippen MR) is 115 cm³/mol. The SMILES string of the molecule is CC(CCCC(=O)c1ncnc(N)c1Cl)c1cnc(Nc2ccc(C(F)(F)F)cc2)s1. The number of halogens is 4. The normalized spacial score (nSPS) is 12.5. The fourth-order valence-corrected chi connectivity index (χ4v) is 3.97. The first-order chi connectivity index (χ1) is 14.6. The smallest absolute Gasteiger partial charge is 0.382 e. The Morgan fingerprint density at radius 2 is 1.94 bits per heavy atom. The molecule has 3 aromatic rings. The number of hydrogen-bond acceptors (Lipinski definition) is 7. The van der Waals surface area contributed by atoms with Crippen LogP contribution in [0.1, 0.15) is 53.0 Å². The van der Waals surface area contributed by atoms with E-state index in [9.17, 15) is 18.0 Å². The lowest BCUT2D eigenvalue weighted by Gasteiger charge is -2.09. The van der Waals surface area contributed by atoms with Crippen molar-refractivity contribution in [2.45, 2.75) is 38.3 Å². The molecule has 0 saturated carbocycles. The van der Waals surface area contributed by atoms with Crippen LogP contribution in [0, 0.1) is 0 Å². The minimum atomic E-state index is -4.37. The second-order valence-electron chi connectivity index (χ2n) is 6.91. The molecule has 1 atom stereocenters. The van der Waals surface area contributed by atoms with Crippen molar-refractivity contribution in [2.24, 2.45) is 0 Å². The number of aromatic nitrogens is 3. The third-order valence-corrected chi connectivity index (χ3v) is 6.11. The standard InChI is InChI=1S/C20H19ClF3N5OS/c1-11(3-2-4-14(30)17-16(21)18(25)28-10-27-17)15-9-26-19(31-15)29-13-7-5-12(6-8-13)20(22,23)24/h5-11H,2-4H2,1H3,(H,26,29)(H2,25,27,28). The van der Waals surface area contributed by atoms with Crippen molar-refractivity contribution >= 4 is 45.4 Å². The highest BCUT2D eigenvalue weighted by molar-refractivity contribution is 7.15. The van der Waals surface area contributed by atoms with Crippen LogP contribution in [-0.4, -0.2) is 20.7 Å². The number of Topliss-reactive ketones (excluding diaryl/α,β-unsaturated/α-hetero) is 1. The molecule has 3 N–H and O–H groups in total. The lowest BCUT2D eigenvalue weighted by Crippen LogP contribution is -2.06. The van der Waals surface area contributed by atoms with Gasteiger partial charge in [-0.05, 0) is 43.0 Å². The van der Waals surface area contributed by atoms with Gasteiger partial charge in [0.05, 0.1) is 5.56 Å². The number of nitrogen functional groups attached to an aromatic ring is 1. The maximum absolute atomic E-state index is 12.7. The Morgan fingerprint density at radius 1 is 1.23 bits per heavy atom. The van der Waals surface area contributed by atoms with Crippen molar-refractivity contribution in [1.29, 1.82) is 0 Å². The van der Waals surface area contributed by atoms with Gasteiger partial charge in [0.15, 0.2) is 10.9 Å². The number of nitrogens with zero attached hydrogens (tertiary/aromatic N) is 3. The molecule has 0 amide bonds. The minimum absolute atomic E-state index is 0.0713. The summed E-state index contributed by atoms with van der Waals surface area (Å²) in [5.41, 5.74) is 5.55. The van der Waals surface area contributed by atoms with Crippen molar-refractivity contribution in [3.63, 3.8) is 0 Å². The Bertz CT molecular complexity index is 1060. The van der Waals surface area contributed by atoms with Gasteiger partial charge in [-0.1, -0.05) is 18.5 Å². The molecule has 0 radical (unpaired) electrons. The largest absolute Gasteiger partial charge is 0.416 e. The average molecular weight is 470 g/mol. The molecule has 3 rings (SSSR count). The second-order valence-corrected chi connectivity index (χ2v) is 8.35. The predicted octanol–water partition coefficient (Wildman–Crippen LogP) is 6.09. The molecule has 6 nitrogen and oxygen atoms in total. The number of nitrogens with one attached hydrogen (secondary N) is 1. The Labute approximate surface area is 185 Å². The van der Waals surface area contributed by atoms with Gasteiger partial charge in [0.2, 0.25) is 0 Å². The molecule has 11 heteroatoms. The van der Waals surface area contributed by atoms with Gasteiger partial charge in [-0.25, -0.2) is 15.0 Å². The van der Waals surface area contributed by atoms with Gasteiger partial charge in [-0.2, -0.15) is 13.2 Å². The first-order valence-corrected chi connectivity index (χ1v) is 10.5. The Balaban J connectivity index is 1.52. The molecular formula is C20H19ClF3N5OS. The molecule has 0 saturated heterocycles. The molecule has 164 valence electrons. The van der Waals surface area contributed by atoms with Gasteiger partial charge in [0, 0.05) is 23.2 Å². The zero-order chi connectivity index (χ0) is 22.6. The molecule has 1 unspecified atom stereocenters. The molecule has 0 aliphatic heterocycles. The van der Waals surface area contributed by atoms with Crippen LogP contribution in [0.15, 0.2) is 36.8 Å². The molecule has 31 heavy (non-hydrogen) atoms. The summed E-state index contributed by atoms with van der Waals surface area (Å²) < 4.78 is 38.0. The Kier molecular flexibility index (Phi) is 7.11. The van der Waals surface area contributed by atoms with E-state index in [1.807, 2.05) is 6.92 Å². The van der Waals surface area contributed by atoms with Crippen LogP contribution < -0.4 is 11.1 Å². The van der Waals surface area contributed by atoms with Gasteiger partial charge in [-0.3, -0.25) is 4.79 Å². The van der Waals surface area contributed by atoms with Gasteiger partial charge in [0.1, 0.15) is 22.9 Å². The van der Waals surface area contributed by atoms with Crippen LogP contribution in [0.2, 0.25) is 5.02 Å². The van der Waals surface area contributed by atoms with E-state index < -0.39 is 11.7 Å². The van der Waals surface area contributed by atoms with Gasteiger partial charge >= 0.3 is 6.18 Å². The summed E-state index contributed by atoms with van der Waals surface area (Å²) in [7, 11) is 0. The summed E-state index contributed by atoms with van der Waals surface area (Å²) in [5, 5.41) is 3.67. The third-order valence-electron chi connectivity index (χ3n) is 4.59. The van der Waals surface area contributed by atoms with Crippen LogP contribution in [0.3, 0.4) is 0 Å². The zero-order valence-electron chi connectivity index (χ0n) is 16.4. The number of nitrogens with two attached hydrogens (primary N) is 1. The Hall–Kier alpha value is -2.72. The number of anilines is 3. The van der Waals surface area contributed by atoms with E-state index in [1.54, 1.807) is 6.20 Å². The topological polar surface area (TPSA) is 93.8 Å². The Morgan fingerprint density at radius 3 is 2.61 bits per heavy atom. The fourth-order valence-electron chi connectivity index (χ4n) is 2.85. The molecule has 0 aliphatic rings. The van der Waals surface area contributed by atoms with Crippen molar-refractivity contribution in [2.75, 3.05) is 11.1 Å². The van der Waals surface area contributed by atoms with Crippen LogP contribution in [0.4, 0.5) is 29.8 Å². The van der Waals surface area contributed by atoms with E-state index >= 15 is 0 Å². The number of hydrogen-bond donors (Lipinski definition) is 2. The summed E-state index contributed by atoms with van der Waals surface area (Å²) in [6, 6.07) is 4.77. The summed E-state index contributed by atoms with van der Waals surface area (Å²) in [4.78, 5) is 25.2. The van der Waals surface area contributed by atoms with E-state index in [2.05, 4.69) is 20.3 Å². The number of alkyl halides is 3. The van der Waals surface area contributed by atoms with Gasteiger partial charge in [-0.15, -0.1) is 11.3 Å². The zero-order valence-corrected chi connectivity index (χ0v) is 18.0. The quantitative estimate of drug-likeness (QED) is 0.388. The molecule has 0 aliphatic carbocycles. The van der Waals surface area contributed by atoms with E-state index in [1.165, 1.54) is 29.8 Å². The lowest BCUT2D eigenvalue weighted by molar-refractivity contribution is -0.137. The molecule has 0 fully saturated rings. The van der Waals surface area contributed by atoms with Crippen molar-refractivity contribution in [3.8, 4) is 0 Å². The van der Waals surface area contributed by atoms with Crippen LogP contribution in [0.25, 0.3) is 0 Å². The monoisotopic (exact) mass is 469 g/mol. The number of benzene rings is 1. The second kappa shape index (κ2) is 9.61. The highest BCUT2D eigenvalue weighted by Gasteiger charge is 2.30. The lowest BCUT2D eigenvalue weighted by atomic mass is 10.0. The molecule has 1 aromatic carbocycles. The molecule has 2 aromatic heterocycles. The number of thiazole rings is 1. The van der Waals surface area contributed by atoms with Crippen LogP contribution >= 0.6 is 22.9 Å². The minimum Gasteiger partial charge on any atom is -0.382 e. The van der Waals surface area contributed by atoms with Crippen LogP contribution in [-0.2, 0) is 6.18 Å². The van der Waals surface area contributed by atoms with E-state index in [4.69, 9.17) is 17.3 Å². The number of carbonyl (C=O) groups excluding carboxylic acids is 1. The van der Waals surface area contributed by atoms with Gasteiger partial charge < -0.3 is 11.1 Å². The van der Waals surface area contributed by atoms with Crippen molar-refractivity contribution < 1.29 is 18.0 Å². The summed E-state index contributed by atoms with van der Waals surface area (Å²) >= 11 is 7.40. The summed E-state index contributed by atoms with van der Waals surface area (Å²) in [5.74, 6) is 0.0331. The van der Waals surface area contributed by atoms with E-state index in [0.29, 0.717) is 17.2 Å². The summed E-state index contributed by atoms with van der Waals surface area (Å²) in [6.45, 7) is 2.02. The average Bonchev–Trinajstić information content (AvgIpc) is 3.18. The maximum Gasteiger partial charge on any atom is 0.416 e. The highest BCUT2D eigenvalue weighted by Crippen LogP contribution is 2.33. The number of carbonyl (C=O) groups is 1. The third kappa shape index (κ3) is 5.92. The number of ketones is 1. The summed E-state index contributed by atoms with van der Waals surface area (Å²) in [6.07, 6.45) is 0.210. The molecule has 0 bridgehead atoms. The maximum atomic E-state index is 12.7. The first kappa shape index (κ1) is 23.0. The number of rotatable bonds is 8. The van der Waals surface area contributed by atoms with Crippen LogP contribution in [0.5, 0.6) is 0 Å². The van der Waals surface area contributed by atoms with Crippen molar-refractivity contribution in [1.82, 2.24) is 15.0 Å². The first-order valence-electron chi connectivity index (χ1n) is 9.34. The van der Waals surface area contributed by atoms with Gasteiger partial charge in [0.25, 0.3) is 0 Å². The van der Waals surface area contributed by atoms with Crippen molar-refractivity contribution in [3.05, 3.63) is 57.9 Å². The van der Waals surface area contributed by atoms with E-state index in [0.717, 1.165) is 23.4 Å². The molecular weight excluding hydrogens is 451 g/mol. The molecule has 0 spiro atoms.